The SMILES string of the molecule is CC1(c2ccc(I)cc2)CCC(O)(c2ccc(I)cc2)CC1. The number of benzene rings is 2. The molecular formula is C19H20I2O. The van der Waals surface area contributed by atoms with Crippen LogP contribution in [0.2, 0.25) is 0 Å². The lowest BCUT2D eigenvalue weighted by Gasteiger charge is -2.43. The van der Waals surface area contributed by atoms with E-state index >= 15 is 0 Å². The maximum absolute atomic E-state index is 11.1. The first-order chi connectivity index (χ1) is 10.4. The van der Waals surface area contributed by atoms with E-state index in [4.69, 9.17) is 0 Å². The van der Waals surface area contributed by atoms with Crippen LogP contribution in [0, 0.1) is 7.14 Å². The van der Waals surface area contributed by atoms with Crippen molar-refractivity contribution < 1.29 is 5.11 Å². The van der Waals surface area contributed by atoms with Gasteiger partial charge in [0, 0.05) is 7.14 Å². The summed E-state index contributed by atoms with van der Waals surface area (Å²) in [6, 6.07) is 17.2. The van der Waals surface area contributed by atoms with E-state index in [1.807, 2.05) is 0 Å². The lowest BCUT2D eigenvalue weighted by molar-refractivity contribution is -0.0188. The molecule has 22 heavy (non-hydrogen) atoms. The summed E-state index contributed by atoms with van der Waals surface area (Å²) in [5.41, 5.74) is 1.99. The molecule has 1 aliphatic carbocycles. The van der Waals surface area contributed by atoms with Gasteiger partial charge in [-0.15, -0.1) is 0 Å². The smallest absolute Gasteiger partial charge is 0.0897 e. The van der Waals surface area contributed by atoms with Gasteiger partial charge in [-0.2, -0.15) is 0 Å². The molecule has 0 amide bonds. The lowest BCUT2D eigenvalue weighted by Crippen LogP contribution is -2.38. The highest BCUT2D eigenvalue weighted by molar-refractivity contribution is 14.1. The molecule has 1 saturated carbocycles. The number of rotatable bonds is 2. The Kier molecular flexibility index (Phi) is 4.86. The van der Waals surface area contributed by atoms with Crippen molar-refractivity contribution in [1.29, 1.82) is 0 Å². The standard InChI is InChI=1S/C19H20I2O/c1-18(14-2-6-16(20)7-3-14)10-12-19(22,13-11-18)15-4-8-17(21)9-5-15/h2-9,22H,10-13H2,1H3. The second-order valence-corrected chi connectivity index (χ2v) is 9.10. The molecular weight excluding hydrogens is 498 g/mol. The molecule has 0 saturated heterocycles. The molecule has 0 aromatic heterocycles. The van der Waals surface area contributed by atoms with Gasteiger partial charge in [-0.25, -0.2) is 0 Å². The van der Waals surface area contributed by atoms with E-state index < -0.39 is 5.60 Å². The molecule has 2 aromatic carbocycles. The fourth-order valence-corrected chi connectivity index (χ4v) is 4.12. The molecule has 0 unspecified atom stereocenters. The summed E-state index contributed by atoms with van der Waals surface area (Å²) < 4.78 is 2.49. The number of hydrogen-bond donors (Lipinski definition) is 1. The van der Waals surface area contributed by atoms with Crippen LogP contribution >= 0.6 is 45.2 Å². The van der Waals surface area contributed by atoms with Crippen molar-refractivity contribution in [2.75, 3.05) is 0 Å². The van der Waals surface area contributed by atoms with E-state index in [9.17, 15) is 5.11 Å². The monoisotopic (exact) mass is 518 g/mol. The molecule has 0 aliphatic heterocycles. The Morgan fingerprint density at radius 1 is 0.727 bits per heavy atom. The zero-order valence-corrected chi connectivity index (χ0v) is 17.0. The van der Waals surface area contributed by atoms with E-state index in [1.165, 1.54) is 12.7 Å². The summed E-state index contributed by atoms with van der Waals surface area (Å²) >= 11 is 4.65. The van der Waals surface area contributed by atoms with Crippen LogP contribution in [0.5, 0.6) is 0 Å². The molecule has 116 valence electrons. The highest BCUT2D eigenvalue weighted by atomic mass is 127. The molecule has 0 bridgehead atoms. The molecule has 0 spiro atoms. The second-order valence-electron chi connectivity index (χ2n) is 6.61. The molecule has 0 radical (unpaired) electrons. The van der Waals surface area contributed by atoms with Gasteiger partial charge >= 0.3 is 0 Å². The summed E-state index contributed by atoms with van der Waals surface area (Å²) in [5.74, 6) is 0. The minimum Gasteiger partial charge on any atom is -0.385 e. The third kappa shape index (κ3) is 3.36. The largest absolute Gasteiger partial charge is 0.385 e. The van der Waals surface area contributed by atoms with Crippen LogP contribution < -0.4 is 0 Å². The first-order valence-electron chi connectivity index (χ1n) is 7.66. The third-order valence-electron chi connectivity index (χ3n) is 5.10. The van der Waals surface area contributed by atoms with Gasteiger partial charge in [0.1, 0.15) is 0 Å². The Labute approximate surface area is 159 Å². The minimum atomic E-state index is -0.660. The van der Waals surface area contributed by atoms with Gasteiger partial charge in [-0.3, -0.25) is 0 Å². The highest BCUT2D eigenvalue weighted by Gasteiger charge is 2.40. The van der Waals surface area contributed by atoms with Crippen molar-refractivity contribution in [3.8, 4) is 0 Å². The van der Waals surface area contributed by atoms with Crippen LogP contribution in [0.15, 0.2) is 48.5 Å². The van der Waals surface area contributed by atoms with E-state index in [0.29, 0.717) is 0 Å². The summed E-state index contributed by atoms with van der Waals surface area (Å²) in [5, 5.41) is 11.1. The predicted molar refractivity (Wildman–Crippen MR) is 108 cm³/mol. The van der Waals surface area contributed by atoms with E-state index in [2.05, 4.69) is 101 Å². The van der Waals surface area contributed by atoms with E-state index in [1.54, 1.807) is 0 Å². The van der Waals surface area contributed by atoms with Crippen LogP contribution in [0.3, 0.4) is 0 Å². The van der Waals surface area contributed by atoms with E-state index in [-0.39, 0.29) is 5.41 Å². The molecule has 0 atom stereocenters. The fourth-order valence-electron chi connectivity index (χ4n) is 3.41. The van der Waals surface area contributed by atoms with Gasteiger partial charge in [-0.1, -0.05) is 31.2 Å². The molecule has 3 heteroatoms. The Morgan fingerprint density at radius 2 is 1.14 bits per heavy atom. The van der Waals surface area contributed by atoms with Crippen LogP contribution in [-0.2, 0) is 11.0 Å². The molecule has 3 rings (SSSR count). The summed E-state index contributed by atoms with van der Waals surface area (Å²) in [6.45, 7) is 2.34. The average molecular weight is 518 g/mol. The Balaban J connectivity index is 1.79. The Bertz CT molecular complexity index is 579. The quantitative estimate of drug-likeness (QED) is 0.513. The Hall–Kier alpha value is -0.140. The van der Waals surface area contributed by atoms with Crippen molar-refractivity contribution in [3.63, 3.8) is 0 Å². The van der Waals surface area contributed by atoms with Gasteiger partial charge in [0.25, 0.3) is 0 Å². The van der Waals surface area contributed by atoms with Crippen LogP contribution in [0.1, 0.15) is 43.7 Å². The molecule has 1 aliphatic rings. The third-order valence-corrected chi connectivity index (χ3v) is 6.54. The van der Waals surface area contributed by atoms with Crippen LogP contribution in [0.25, 0.3) is 0 Å². The summed E-state index contributed by atoms with van der Waals surface area (Å²) in [7, 11) is 0. The zero-order valence-electron chi connectivity index (χ0n) is 12.7. The molecule has 2 aromatic rings. The molecule has 0 heterocycles. The number of hydrogen-bond acceptors (Lipinski definition) is 1. The lowest BCUT2D eigenvalue weighted by atomic mass is 9.65. The van der Waals surface area contributed by atoms with E-state index in [0.717, 1.165) is 31.2 Å². The second kappa shape index (κ2) is 6.40. The highest BCUT2D eigenvalue weighted by Crippen LogP contribution is 2.46. The molecule has 1 nitrogen and oxygen atoms in total. The fraction of sp³-hybridized carbons (Fsp3) is 0.368. The average Bonchev–Trinajstić information content (AvgIpc) is 2.52. The Morgan fingerprint density at radius 3 is 1.59 bits per heavy atom. The van der Waals surface area contributed by atoms with Gasteiger partial charge in [0.2, 0.25) is 0 Å². The first-order valence-corrected chi connectivity index (χ1v) is 9.82. The van der Waals surface area contributed by atoms with Crippen LogP contribution in [-0.4, -0.2) is 5.11 Å². The van der Waals surface area contributed by atoms with Crippen molar-refractivity contribution in [1.82, 2.24) is 0 Å². The number of halogens is 2. The molecule has 1 fully saturated rings. The van der Waals surface area contributed by atoms with Crippen molar-refractivity contribution in [2.24, 2.45) is 0 Å². The minimum absolute atomic E-state index is 0.180. The van der Waals surface area contributed by atoms with Gasteiger partial charge in [0.05, 0.1) is 5.60 Å². The maximum Gasteiger partial charge on any atom is 0.0897 e. The topological polar surface area (TPSA) is 20.2 Å². The predicted octanol–water partition coefficient (Wildman–Crippen LogP) is 5.62. The van der Waals surface area contributed by atoms with Gasteiger partial charge in [-0.05, 0) is 112 Å². The van der Waals surface area contributed by atoms with Crippen molar-refractivity contribution in [3.05, 3.63) is 66.8 Å². The zero-order chi connectivity index (χ0) is 15.8. The van der Waals surface area contributed by atoms with Gasteiger partial charge in [0.15, 0.2) is 0 Å². The van der Waals surface area contributed by atoms with Crippen LogP contribution in [0.4, 0.5) is 0 Å². The van der Waals surface area contributed by atoms with Crippen molar-refractivity contribution >= 4 is 45.2 Å². The van der Waals surface area contributed by atoms with Gasteiger partial charge < -0.3 is 5.11 Å². The maximum atomic E-state index is 11.1. The summed E-state index contributed by atoms with van der Waals surface area (Å²) in [4.78, 5) is 0. The number of aliphatic hydroxyl groups is 1. The van der Waals surface area contributed by atoms with Crippen molar-refractivity contribution in [2.45, 2.75) is 43.6 Å². The first kappa shape index (κ1) is 16.7. The molecule has 1 N–H and O–H groups in total. The normalized spacial score (nSPS) is 28.5. The summed E-state index contributed by atoms with van der Waals surface area (Å²) in [6.07, 6.45) is 3.71.